The van der Waals surface area contributed by atoms with E-state index in [9.17, 15) is 4.39 Å². The van der Waals surface area contributed by atoms with Gasteiger partial charge in [0.25, 0.3) is 0 Å². The minimum Gasteiger partial charge on any atom is -0.489 e. The van der Waals surface area contributed by atoms with E-state index in [0.29, 0.717) is 20.6 Å². The Labute approximate surface area is 187 Å². The van der Waals surface area contributed by atoms with Gasteiger partial charge in [-0.1, -0.05) is 34.5 Å². The molecule has 3 rings (SSSR count). The Kier molecular flexibility index (Phi) is 7.49. The van der Waals surface area contributed by atoms with E-state index in [0.717, 1.165) is 11.3 Å². The highest BCUT2D eigenvalue weighted by atomic mass is 35.5. The molecule has 0 aliphatic carbocycles. The lowest BCUT2D eigenvalue weighted by Crippen LogP contribution is -2.31. The Morgan fingerprint density at radius 3 is 2.57 bits per heavy atom. The van der Waals surface area contributed by atoms with Crippen LogP contribution in [0.2, 0.25) is 10.0 Å². The molecule has 4 N–H and O–H groups in total. The summed E-state index contributed by atoms with van der Waals surface area (Å²) < 4.78 is 19.7. The number of benzene rings is 2. The molecular weight excluding hydrogens is 450 g/mol. The second kappa shape index (κ2) is 9.89. The highest BCUT2D eigenvalue weighted by Crippen LogP contribution is 2.38. The maximum atomic E-state index is 14.4. The van der Waals surface area contributed by atoms with E-state index in [4.69, 9.17) is 38.8 Å². The Balaban J connectivity index is 1.84. The number of aliphatic hydroxyl groups excluding tert-OH is 1. The highest BCUT2D eigenvalue weighted by molar-refractivity contribution is 7.18. The summed E-state index contributed by atoms with van der Waals surface area (Å²) >= 11 is 13.9. The van der Waals surface area contributed by atoms with Gasteiger partial charge < -0.3 is 20.9 Å². The van der Waals surface area contributed by atoms with Crippen molar-refractivity contribution in [2.24, 2.45) is 5.73 Å². The van der Waals surface area contributed by atoms with Crippen LogP contribution in [-0.4, -0.2) is 40.6 Å². The molecule has 0 bridgehead atoms. The molecule has 1 atom stereocenters. The molecule has 10 heteroatoms. The van der Waals surface area contributed by atoms with Crippen LogP contribution in [0.25, 0.3) is 21.1 Å². The van der Waals surface area contributed by atoms with Crippen molar-refractivity contribution in [3.05, 3.63) is 46.2 Å². The largest absolute Gasteiger partial charge is 0.489 e. The Hall–Kier alpha value is -1.97. The molecule has 0 amide bonds. The molecule has 0 saturated carbocycles. The number of nitrogens with one attached hydrogen (secondary N) is 1. The van der Waals surface area contributed by atoms with Crippen LogP contribution >= 0.6 is 34.5 Å². The number of ether oxygens (including phenoxy) is 1. The standard InChI is InChI=1S/C20H21Cl2FN4O2S/c1-10(2)25-17-4-3-11(5-15(17)22)19-26-27-20(30-19)13-6-16(23)18(7-14(13)21)29-9-12(24)8-28/h3-7,10,12,25,28H,8-9,24H2,1-2H3. The van der Waals surface area contributed by atoms with Crippen molar-refractivity contribution < 1.29 is 14.2 Å². The molecule has 0 radical (unpaired) electrons. The Morgan fingerprint density at radius 2 is 1.90 bits per heavy atom. The van der Waals surface area contributed by atoms with Gasteiger partial charge in [-0.3, -0.25) is 0 Å². The first kappa shape index (κ1) is 22.7. The quantitative estimate of drug-likeness (QED) is 0.436. The van der Waals surface area contributed by atoms with Gasteiger partial charge in [-0.2, -0.15) is 0 Å². The van der Waals surface area contributed by atoms with Crippen LogP contribution < -0.4 is 15.8 Å². The third kappa shape index (κ3) is 5.39. The number of anilines is 1. The molecule has 0 spiro atoms. The van der Waals surface area contributed by atoms with Gasteiger partial charge in [0.15, 0.2) is 11.6 Å². The van der Waals surface area contributed by atoms with Crippen LogP contribution in [-0.2, 0) is 0 Å². The molecule has 160 valence electrons. The first-order chi connectivity index (χ1) is 14.3. The van der Waals surface area contributed by atoms with Gasteiger partial charge in [0.2, 0.25) is 0 Å². The van der Waals surface area contributed by atoms with Crippen molar-refractivity contribution >= 4 is 40.2 Å². The van der Waals surface area contributed by atoms with Gasteiger partial charge in [0.1, 0.15) is 16.6 Å². The first-order valence-corrected chi connectivity index (χ1v) is 10.7. The average Bonchev–Trinajstić information content (AvgIpc) is 3.19. The van der Waals surface area contributed by atoms with Gasteiger partial charge in [-0.15, -0.1) is 10.2 Å². The van der Waals surface area contributed by atoms with Gasteiger partial charge in [-0.05, 0) is 38.1 Å². The second-order valence-electron chi connectivity index (χ2n) is 6.92. The third-order valence-electron chi connectivity index (χ3n) is 4.02. The SMILES string of the molecule is CC(C)Nc1ccc(-c2nnc(-c3cc(F)c(OCC(N)CO)cc3Cl)s2)cc1Cl. The van der Waals surface area contributed by atoms with Gasteiger partial charge >= 0.3 is 0 Å². The van der Waals surface area contributed by atoms with Crippen LogP contribution in [0.15, 0.2) is 30.3 Å². The molecule has 0 fully saturated rings. The summed E-state index contributed by atoms with van der Waals surface area (Å²) in [6, 6.07) is 7.84. The lowest BCUT2D eigenvalue weighted by atomic mass is 10.2. The van der Waals surface area contributed by atoms with E-state index in [-0.39, 0.29) is 30.0 Å². The smallest absolute Gasteiger partial charge is 0.165 e. The summed E-state index contributed by atoms with van der Waals surface area (Å²) in [7, 11) is 0. The fourth-order valence-electron chi connectivity index (χ4n) is 2.58. The van der Waals surface area contributed by atoms with Crippen LogP contribution in [0, 0.1) is 5.82 Å². The van der Waals surface area contributed by atoms with E-state index in [2.05, 4.69) is 15.5 Å². The number of aliphatic hydroxyl groups is 1. The van der Waals surface area contributed by atoms with Crippen LogP contribution in [0.3, 0.4) is 0 Å². The van der Waals surface area contributed by atoms with E-state index in [1.165, 1.54) is 23.5 Å². The molecule has 1 heterocycles. The molecule has 0 aliphatic heterocycles. The zero-order chi connectivity index (χ0) is 21.8. The summed E-state index contributed by atoms with van der Waals surface area (Å²) in [5.74, 6) is -0.652. The number of aromatic nitrogens is 2. The molecule has 3 aromatic rings. The number of halogens is 3. The maximum absolute atomic E-state index is 14.4. The molecular formula is C20H21Cl2FN4O2S. The van der Waals surface area contributed by atoms with Crippen LogP contribution in [0.4, 0.5) is 10.1 Å². The van der Waals surface area contributed by atoms with Crippen LogP contribution in [0.5, 0.6) is 5.75 Å². The molecule has 0 saturated heterocycles. The van der Waals surface area contributed by atoms with Crippen LogP contribution in [0.1, 0.15) is 13.8 Å². The minimum atomic E-state index is -0.609. The summed E-state index contributed by atoms with van der Waals surface area (Å²) in [5, 5.41) is 22.5. The zero-order valence-corrected chi connectivity index (χ0v) is 18.7. The van der Waals surface area contributed by atoms with E-state index < -0.39 is 11.9 Å². The third-order valence-corrected chi connectivity index (χ3v) is 5.66. The molecule has 30 heavy (non-hydrogen) atoms. The lowest BCUT2D eigenvalue weighted by molar-refractivity contribution is 0.202. The van der Waals surface area contributed by atoms with Crippen molar-refractivity contribution in [2.75, 3.05) is 18.5 Å². The Morgan fingerprint density at radius 1 is 1.17 bits per heavy atom. The Bertz CT molecular complexity index is 1030. The summed E-state index contributed by atoms with van der Waals surface area (Å²) in [5.41, 5.74) is 7.61. The fraction of sp³-hybridized carbons (Fsp3) is 0.300. The van der Waals surface area contributed by atoms with Gasteiger partial charge in [0.05, 0.1) is 28.4 Å². The summed E-state index contributed by atoms with van der Waals surface area (Å²) in [4.78, 5) is 0. The second-order valence-corrected chi connectivity index (χ2v) is 8.71. The zero-order valence-electron chi connectivity index (χ0n) is 16.3. The van der Waals surface area contributed by atoms with Crippen molar-refractivity contribution in [3.63, 3.8) is 0 Å². The van der Waals surface area contributed by atoms with E-state index >= 15 is 0 Å². The van der Waals surface area contributed by atoms with Crippen molar-refractivity contribution in [2.45, 2.75) is 25.9 Å². The number of hydrogen-bond donors (Lipinski definition) is 3. The topological polar surface area (TPSA) is 93.3 Å². The number of rotatable bonds is 8. The predicted molar refractivity (Wildman–Crippen MR) is 120 cm³/mol. The fourth-order valence-corrected chi connectivity index (χ4v) is 3.98. The van der Waals surface area contributed by atoms with E-state index in [1.54, 1.807) is 6.07 Å². The van der Waals surface area contributed by atoms with Crippen molar-refractivity contribution in [1.82, 2.24) is 10.2 Å². The number of nitrogens with zero attached hydrogens (tertiary/aromatic N) is 2. The monoisotopic (exact) mass is 470 g/mol. The molecule has 1 aromatic heterocycles. The minimum absolute atomic E-state index is 0.0333. The molecule has 0 aliphatic rings. The normalized spacial score (nSPS) is 12.3. The van der Waals surface area contributed by atoms with Gasteiger partial charge in [-0.25, -0.2) is 4.39 Å². The number of hydrogen-bond acceptors (Lipinski definition) is 7. The first-order valence-electron chi connectivity index (χ1n) is 9.17. The summed E-state index contributed by atoms with van der Waals surface area (Å²) in [6.45, 7) is 3.76. The van der Waals surface area contributed by atoms with Crippen molar-refractivity contribution in [1.29, 1.82) is 0 Å². The van der Waals surface area contributed by atoms with Crippen molar-refractivity contribution in [3.8, 4) is 26.9 Å². The average molecular weight is 471 g/mol. The lowest BCUT2D eigenvalue weighted by Gasteiger charge is -2.12. The van der Waals surface area contributed by atoms with E-state index in [1.807, 2.05) is 26.0 Å². The summed E-state index contributed by atoms with van der Waals surface area (Å²) in [6.07, 6.45) is 0. The molecule has 1 unspecified atom stereocenters. The highest BCUT2D eigenvalue weighted by Gasteiger charge is 2.17. The van der Waals surface area contributed by atoms with Gasteiger partial charge in [0, 0.05) is 23.2 Å². The molecule has 6 nitrogen and oxygen atoms in total. The number of nitrogens with two attached hydrogens (primary N) is 1. The predicted octanol–water partition coefficient (Wildman–Crippen LogP) is 4.84. The molecule has 2 aromatic carbocycles. The maximum Gasteiger partial charge on any atom is 0.165 e.